The summed E-state index contributed by atoms with van der Waals surface area (Å²) >= 11 is 0. The minimum Gasteiger partial charge on any atom is -0.495 e. The van der Waals surface area contributed by atoms with E-state index >= 15 is 0 Å². The van der Waals surface area contributed by atoms with Crippen molar-refractivity contribution in [3.63, 3.8) is 0 Å². The van der Waals surface area contributed by atoms with E-state index in [0.717, 1.165) is 0 Å². The second-order valence-electron chi connectivity index (χ2n) is 6.18. The first-order valence-electron chi connectivity index (χ1n) is 9.39. The number of methoxy groups -OCH3 is 1. The summed E-state index contributed by atoms with van der Waals surface area (Å²) in [4.78, 5) is 27.9. The smallest absolute Gasteiger partial charge is 0.254 e. The van der Waals surface area contributed by atoms with Gasteiger partial charge in [-0.25, -0.2) is 8.42 Å². The van der Waals surface area contributed by atoms with Gasteiger partial charge in [-0.3, -0.25) is 9.59 Å². The van der Waals surface area contributed by atoms with Gasteiger partial charge in [0.05, 0.1) is 13.7 Å². The quantitative estimate of drug-likeness (QED) is 0.582. The van der Waals surface area contributed by atoms with Crippen LogP contribution in [0, 0.1) is 0 Å². The van der Waals surface area contributed by atoms with Crippen molar-refractivity contribution in [3.8, 4) is 5.75 Å². The lowest BCUT2D eigenvalue weighted by molar-refractivity contribution is -0.131. The van der Waals surface area contributed by atoms with Gasteiger partial charge in [-0.2, -0.15) is 4.31 Å². The SMILES string of the molecule is CCN(CC)C(=O)CN(C)C(=O)c1ccc(OC)c(S(=O)(=O)N(CC)CC)c1. The molecular weight excluding hydrogens is 382 g/mol. The van der Waals surface area contributed by atoms with E-state index in [0.29, 0.717) is 26.2 Å². The molecule has 0 unspecified atom stereocenters. The Labute approximate surface area is 168 Å². The molecule has 0 aliphatic rings. The summed E-state index contributed by atoms with van der Waals surface area (Å²) in [5, 5.41) is 0. The van der Waals surface area contributed by atoms with Crippen LogP contribution in [0.4, 0.5) is 0 Å². The zero-order chi connectivity index (χ0) is 21.5. The number of carbonyl (C=O) groups excluding carboxylic acids is 2. The largest absolute Gasteiger partial charge is 0.495 e. The van der Waals surface area contributed by atoms with Crippen molar-refractivity contribution in [2.24, 2.45) is 0 Å². The molecule has 0 saturated carbocycles. The second-order valence-corrected chi connectivity index (χ2v) is 8.09. The average Bonchev–Trinajstić information content (AvgIpc) is 2.68. The maximum absolute atomic E-state index is 12.9. The number of likely N-dealkylation sites (N-methyl/N-ethyl adjacent to an activating group) is 2. The summed E-state index contributed by atoms with van der Waals surface area (Å²) < 4.78 is 32.3. The third kappa shape index (κ3) is 5.23. The minimum absolute atomic E-state index is 0.0620. The number of rotatable bonds is 10. The number of amides is 2. The van der Waals surface area contributed by atoms with Gasteiger partial charge < -0.3 is 14.5 Å². The van der Waals surface area contributed by atoms with Crippen molar-refractivity contribution in [2.45, 2.75) is 32.6 Å². The highest BCUT2D eigenvalue weighted by atomic mass is 32.2. The number of carbonyl (C=O) groups is 2. The molecule has 2 amide bonds. The molecule has 0 fully saturated rings. The molecule has 0 atom stereocenters. The van der Waals surface area contributed by atoms with Gasteiger partial charge >= 0.3 is 0 Å². The van der Waals surface area contributed by atoms with Crippen molar-refractivity contribution < 1.29 is 22.7 Å². The molecule has 28 heavy (non-hydrogen) atoms. The summed E-state index contributed by atoms with van der Waals surface area (Å²) in [6, 6.07) is 4.28. The molecule has 158 valence electrons. The van der Waals surface area contributed by atoms with Crippen LogP contribution in [0.5, 0.6) is 5.75 Å². The van der Waals surface area contributed by atoms with Gasteiger partial charge in [0.1, 0.15) is 10.6 Å². The van der Waals surface area contributed by atoms with Gasteiger partial charge in [0.2, 0.25) is 15.9 Å². The number of ether oxygens (including phenoxy) is 1. The Morgan fingerprint density at radius 2 is 1.57 bits per heavy atom. The van der Waals surface area contributed by atoms with Crippen LogP contribution in [0.15, 0.2) is 23.1 Å². The topological polar surface area (TPSA) is 87.2 Å². The van der Waals surface area contributed by atoms with E-state index in [-0.39, 0.29) is 28.7 Å². The molecule has 0 N–H and O–H groups in total. The molecule has 0 aliphatic heterocycles. The number of nitrogens with zero attached hydrogens (tertiary/aromatic N) is 3. The molecule has 0 saturated heterocycles. The average molecular weight is 414 g/mol. The van der Waals surface area contributed by atoms with Crippen LogP contribution < -0.4 is 4.74 Å². The lowest BCUT2D eigenvalue weighted by Crippen LogP contribution is -2.41. The van der Waals surface area contributed by atoms with E-state index in [9.17, 15) is 18.0 Å². The Bertz CT molecular complexity index is 787. The Hall–Kier alpha value is -2.13. The molecule has 0 spiro atoms. The zero-order valence-electron chi connectivity index (χ0n) is 17.6. The lowest BCUT2D eigenvalue weighted by Gasteiger charge is -2.24. The summed E-state index contributed by atoms with van der Waals surface area (Å²) in [6.07, 6.45) is 0. The summed E-state index contributed by atoms with van der Waals surface area (Å²) in [7, 11) is -0.905. The van der Waals surface area contributed by atoms with E-state index in [1.165, 1.54) is 41.6 Å². The second kappa shape index (κ2) is 10.4. The monoisotopic (exact) mass is 413 g/mol. The van der Waals surface area contributed by atoms with Crippen LogP contribution in [0.25, 0.3) is 0 Å². The molecule has 1 aromatic rings. The Morgan fingerprint density at radius 3 is 2.04 bits per heavy atom. The van der Waals surface area contributed by atoms with Gasteiger partial charge in [0.25, 0.3) is 5.91 Å². The third-order valence-electron chi connectivity index (χ3n) is 4.57. The van der Waals surface area contributed by atoms with Gasteiger partial charge in [0.15, 0.2) is 0 Å². The van der Waals surface area contributed by atoms with Crippen molar-refractivity contribution in [3.05, 3.63) is 23.8 Å². The molecular formula is C19H31N3O5S. The summed E-state index contributed by atoms with van der Waals surface area (Å²) in [5.41, 5.74) is 0.182. The highest BCUT2D eigenvalue weighted by Crippen LogP contribution is 2.28. The van der Waals surface area contributed by atoms with Gasteiger partial charge in [-0.05, 0) is 32.0 Å². The predicted molar refractivity (Wildman–Crippen MR) is 108 cm³/mol. The third-order valence-corrected chi connectivity index (χ3v) is 6.64. The first-order valence-corrected chi connectivity index (χ1v) is 10.8. The highest BCUT2D eigenvalue weighted by Gasteiger charge is 2.27. The fourth-order valence-electron chi connectivity index (χ4n) is 2.89. The summed E-state index contributed by atoms with van der Waals surface area (Å²) in [6.45, 7) is 8.89. The van der Waals surface area contributed by atoms with E-state index in [4.69, 9.17) is 4.74 Å². The van der Waals surface area contributed by atoms with Crippen LogP contribution in [-0.2, 0) is 14.8 Å². The lowest BCUT2D eigenvalue weighted by atomic mass is 10.2. The van der Waals surface area contributed by atoms with Gasteiger partial charge in [-0.1, -0.05) is 13.8 Å². The van der Waals surface area contributed by atoms with Crippen LogP contribution in [0.3, 0.4) is 0 Å². The van der Waals surface area contributed by atoms with Crippen molar-refractivity contribution >= 4 is 21.8 Å². The Morgan fingerprint density at radius 1 is 1.00 bits per heavy atom. The van der Waals surface area contributed by atoms with Gasteiger partial charge in [-0.15, -0.1) is 0 Å². The fourth-order valence-corrected chi connectivity index (χ4v) is 4.52. The first kappa shape index (κ1) is 23.9. The molecule has 8 nitrogen and oxygen atoms in total. The molecule has 1 aromatic carbocycles. The maximum atomic E-state index is 12.9. The van der Waals surface area contributed by atoms with E-state index < -0.39 is 15.9 Å². The minimum atomic E-state index is -3.81. The van der Waals surface area contributed by atoms with Crippen molar-refractivity contribution in [2.75, 3.05) is 46.9 Å². The molecule has 9 heteroatoms. The molecule has 0 aromatic heterocycles. The van der Waals surface area contributed by atoms with Gasteiger partial charge in [0, 0.05) is 38.8 Å². The molecule has 1 rings (SSSR count). The van der Waals surface area contributed by atoms with Crippen LogP contribution in [0.2, 0.25) is 0 Å². The fraction of sp³-hybridized carbons (Fsp3) is 0.579. The number of sulfonamides is 1. The molecule has 0 radical (unpaired) electrons. The molecule has 0 bridgehead atoms. The summed E-state index contributed by atoms with van der Waals surface area (Å²) in [5.74, 6) is -0.421. The predicted octanol–water partition coefficient (Wildman–Crippen LogP) is 1.67. The normalized spacial score (nSPS) is 11.4. The van der Waals surface area contributed by atoms with E-state index in [1.54, 1.807) is 18.7 Å². The number of hydrogen-bond acceptors (Lipinski definition) is 5. The van der Waals surface area contributed by atoms with Crippen LogP contribution in [0.1, 0.15) is 38.1 Å². The Balaban J connectivity index is 3.22. The Kier molecular flexibility index (Phi) is 8.90. The number of hydrogen-bond donors (Lipinski definition) is 0. The van der Waals surface area contributed by atoms with E-state index in [2.05, 4.69) is 0 Å². The molecule has 0 heterocycles. The van der Waals surface area contributed by atoms with Crippen LogP contribution in [-0.4, -0.2) is 81.2 Å². The van der Waals surface area contributed by atoms with Crippen molar-refractivity contribution in [1.29, 1.82) is 0 Å². The highest BCUT2D eigenvalue weighted by molar-refractivity contribution is 7.89. The number of benzene rings is 1. The molecule has 0 aliphatic carbocycles. The van der Waals surface area contributed by atoms with Crippen molar-refractivity contribution in [1.82, 2.24) is 14.1 Å². The standard InChI is InChI=1S/C19H31N3O5S/c1-7-21(8-2)18(23)14-20(5)19(24)15-11-12-16(27-6)17(13-15)28(25,26)22(9-3)10-4/h11-13H,7-10,14H2,1-6H3. The van der Waals surface area contributed by atoms with Crippen LogP contribution >= 0.6 is 0 Å². The van der Waals surface area contributed by atoms with E-state index in [1.807, 2.05) is 13.8 Å². The zero-order valence-corrected chi connectivity index (χ0v) is 18.4. The first-order chi connectivity index (χ1) is 13.2. The maximum Gasteiger partial charge on any atom is 0.254 e.